The third kappa shape index (κ3) is 5.82. The smallest absolute Gasteiger partial charge is 0.337 e. The summed E-state index contributed by atoms with van der Waals surface area (Å²) in [6, 6.07) is 13.9. The van der Waals surface area contributed by atoms with Crippen molar-refractivity contribution in [2.75, 3.05) is 18.4 Å². The highest BCUT2D eigenvalue weighted by Gasteiger charge is 2.30. The number of hydrogen-bond acceptors (Lipinski definition) is 5. The van der Waals surface area contributed by atoms with E-state index in [1.54, 1.807) is 17.9 Å². The van der Waals surface area contributed by atoms with Gasteiger partial charge in [0, 0.05) is 30.5 Å². The zero-order chi connectivity index (χ0) is 27.6. The molecule has 0 unspecified atom stereocenters. The molecule has 1 saturated heterocycles. The molecule has 5 rings (SSSR count). The Morgan fingerprint density at radius 1 is 1.03 bits per heavy atom. The van der Waals surface area contributed by atoms with E-state index < -0.39 is 11.7 Å². The molecule has 1 aliphatic rings. The van der Waals surface area contributed by atoms with Gasteiger partial charge in [0.15, 0.2) is 0 Å². The number of H-pyrrole nitrogens is 1. The van der Waals surface area contributed by atoms with E-state index in [0.29, 0.717) is 47.0 Å². The Bertz CT molecular complexity index is 1470. The fourth-order valence-corrected chi connectivity index (χ4v) is 4.65. The van der Waals surface area contributed by atoms with Gasteiger partial charge in [-0.3, -0.25) is 14.7 Å². The molecule has 2 N–H and O–H groups in total. The topological polar surface area (TPSA) is 104 Å². The Labute approximate surface area is 222 Å². The van der Waals surface area contributed by atoms with Crippen LogP contribution in [0.1, 0.15) is 56.4 Å². The second kappa shape index (κ2) is 10.7. The molecule has 11 heteroatoms. The van der Waals surface area contributed by atoms with Crippen molar-refractivity contribution in [1.82, 2.24) is 25.1 Å². The number of aromatic amines is 1. The number of alkyl halides is 3. The molecular formula is C28H25F3N6O2. The molecule has 0 radical (unpaired) electrons. The van der Waals surface area contributed by atoms with Crippen molar-refractivity contribution in [2.45, 2.75) is 31.9 Å². The number of amides is 2. The normalized spacial score (nSPS) is 14.3. The van der Waals surface area contributed by atoms with E-state index in [1.165, 1.54) is 24.7 Å². The summed E-state index contributed by atoms with van der Waals surface area (Å²) in [5.74, 6) is -0.196. The maximum atomic E-state index is 13.0. The average Bonchev–Trinajstić information content (AvgIpc) is 3.43. The van der Waals surface area contributed by atoms with Crippen LogP contribution < -0.4 is 5.32 Å². The van der Waals surface area contributed by atoms with Crippen LogP contribution in [-0.2, 0) is 6.18 Å². The van der Waals surface area contributed by atoms with E-state index in [0.717, 1.165) is 30.5 Å². The van der Waals surface area contributed by atoms with Gasteiger partial charge in [0.2, 0.25) is 0 Å². The van der Waals surface area contributed by atoms with Crippen LogP contribution >= 0.6 is 0 Å². The lowest BCUT2D eigenvalue weighted by atomic mass is 9.89. The van der Waals surface area contributed by atoms with Crippen molar-refractivity contribution in [3.8, 4) is 11.3 Å². The number of nitrogens with zero attached hydrogens (tertiary/aromatic N) is 4. The number of nitrogens with one attached hydrogen (secondary N) is 2. The van der Waals surface area contributed by atoms with Crippen molar-refractivity contribution < 1.29 is 22.8 Å². The lowest BCUT2D eigenvalue weighted by Gasteiger charge is -2.32. The number of likely N-dealkylation sites (tertiary alicyclic amines) is 1. The number of carbonyl (C=O) groups is 2. The number of benzene rings is 2. The van der Waals surface area contributed by atoms with E-state index in [9.17, 15) is 22.8 Å². The van der Waals surface area contributed by atoms with Gasteiger partial charge >= 0.3 is 6.18 Å². The predicted octanol–water partition coefficient (Wildman–Crippen LogP) is 5.47. The lowest BCUT2D eigenvalue weighted by molar-refractivity contribution is -0.137. The molecule has 4 aromatic rings. The number of piperidine rings is 1. The Hall–Kier alpha value is -4.54. The highest BCUT2D eigenvalue weighted by molar-refractivity contribution is 6.04. The molecule has 200 valence electrons. The highest BCUT2D eigenvalue weighted by Crippen LogP contribution is 2.32. The fourth-order valence-electron chi connectivity index (χ4n) is 4.65. The monoisotopic (exact) mass is 534 g/mol. The molecule has 8 nitrogen and oxygen atoms in total. The number of halogens is 3. The molecule has 2 amide bonds. The van der Waals surface area contributed by atoms with Gasteiger partial charge in [0.05, 0.1) is 22.5 Å². The zero-order valence-electron chi connectivity index (χ0n) is 21.0. The molecular weight excluding hydrogens is 509 g/mol. The summed E-state index contributed by atoms with van der Waals surface area (Å²) >= 11 is 0. The summed E-state index contributed by atoms with van der Waals surface area (Å²) in [4.78, 5) is 35.2. The summed E-state index contributed by atoms with van der Waals surface area (Å²) in [7, 11) is 0. The van der Waals surface area contributed by atoms with Crippen LogP contribution in [0.4, 0.5) is 18.9 Å². The van der Waals surface area contributed by atoms with Gasteiger partial charge in [-0.05, 0) is 61.6 Å². The summed E-state index contributed by atoms with van der Waals surface area (Å²) in [5, 5.41) is 9.70. The van der Waals surface area contributed by atoms with Crippen LogP contribution in [0.5, 0.6) is 0 Å². The molecule has 0 spiro atoms. The first-order valence-electron chi connectivity index (χ1n) is 12.4. The van der Waals surface area contributed by atoms with E-state index >= 15 is 0 Å². The third-order valence-electron chi connectivity index (χ3n) is 6.89. The molecule has 0 aliphatic carbocycles. The SMILES string of the molecule is Cc1ncncc1C(=O)Nc1ccc(C2CCN(C(=O)c3cc(-c4ccc(C(F)(F)F)cc4)n[nH]3)CC2)cc1. The summed E-state index contributed by atoms with van der Waals surface area (Å²) < 4.78 is 38.5. The molecule has 0 atom stereocenters. The van der Waals surface area contributed by atoms with Gasteiger partial charge in [0.1, 0.15) is 12.0 Å². The number of aromatic nitrogens is 4. The second-order valence-corrected chi connectivity index (χ2v) is 9.41. The first-order chi connectivity index (χ1) is 18.7. The first kappa shape index (κ1) is 26.1. The molecule has 2 aromatic heterocycles. The summed E-state index contributed by atoms with van der Waals surface area (Å²) in [5.41, 5.74) is 3.27. The van der Waals surface area contributed by atoms with Crippen LogP contribution in [0.25, 0.3) is 11.3 Å². The maximum Gasteiger partial charge on any atom is 0.416 e. The van der Waals surface area contributed by atoms with Crippen molar-refractivity contribution in [3.63, 3.8) is 0 Å². The molecule has 1 aliphatic heterocycles. The Kier molecular flexibility index (Phi) is 7.14. The van der Waals surface area contributed by atoms with Crippen molar-refractivity contribution in [1.29, 1.82) is 0 Å². The minimum Gasteiger partial charge on any atom is -0.337 e. The van der Waals surface area contributed by atoms with Crippen LogP contribution in [0.3, 0.4) is 0 Å². The lowest BCUT2D eigenvalue weighted by Crippen LogP contribution is -2.38. The molecule has 0 bridgehead atoms. The fraction of sp³-hybridized carbons (Fsp3) is 0.250. The highest BCUT2D eigenvalue weighted by atomic mass is 19.4. The standard InChI is InChI=1S/C28H25F3N6O2/c1-17-23(15-32-16-33-17)26(38)34-22-8-4-18(5-9-22)19-10-12-37(13-11-19)27(39)25-14-24(35-36-25)20-2-6-21(7-3-20)28(29,30)31/h2-9,14-16,19H,10-13H2,1H3,(H,34,38)(H,35,36). The maximum absolute atomic E-state index is 13.0. The van der Waals surface area contributed by atoms with Gasteiger partial charge in [-0.15, -0.1) is 0 Å². The van der Waals surface area contributed by atoms with Gasteiger partial charge < -0.3 is 10.2 Å². The van der Waals surface area contributed by atoms with E-state index in [1.807, 2.05) is 24.3 Å². The number of aryl methyl sites for hydroxylation is 1. The minimum absolute atomic E-state index is 0.197. The average molecular weight is 535 g/mol. The molecule has 0 saturated carbocycles. The van der Waals surface area contributed by atoms with E-state index in [-0.39, 0.29) is 17.7 Å². The first-order valence-corrected chi connectivity index (χ1v) is 12.4. The third-order valence-corrected chi connectivity index (χ3v) is 6.89. The van der Waals surface area contributed by atoms with Crippen LogP contribution in [-0.4, -0.2) is 50.0 Å². The van der Waals surface area contributed by atoms with Gasteiger partial charge in [-0.2, -0.15) is 18.3 Å². The predicted molar refractivity (Wildman–Crippen MR) is 138 cm³/mol. The second-order valence-electron chi connectivity index (χ2n) is 9.41. The number of rotatable bonds is 5. The van der Waals surface area contributed by atoms with Crippen molar-refractivity contribution in [2.24, 2.45) is 0 Å². The molecule has 1 fully saturated rings. The Morgan fingerprint density at radius 2 is 1.72 bits per heavy atom. The van der Waals surface area contributed by atoms with Crippen LogP contribution in [0.15, 0.2) is 67.1 Å². The molecule has 39 heavy (non-hydrogen) atoms. The van der Waals surface area contributed by atoms with Crippen LogP contribution in [0, 0.1) is 6.92 Å². The van der Waals surface area contributed by atoms with Gasteiger partial charge in [-0.1, -0.05) is 24.3 Å². The van der Waals surface area contributed by atoms with Crippen molar-refractivity contribution in [3.05, 3.63) is 95.2 Å². The largest absolute Gasteiger partial charge is 0.416 e. The zero-order valence-corrected chi connectivity index (χ0v) is 21.0. The van der Waals surface area contributed by atoms with E-state index in [4.69, 9.17) is 0 Å². The quantitative estimate of drug-likeness (QED) is 0.354. The summed E-state index contributed by atoms with van der Waals surface area (Å²) in [6.07, 6.45) is 0.0256. The number of anilines is 1. The Morgan fingerprint density at radius 3 is 2.36 bits per heavy atom. The number of hydrogen-bond donors (Lipinski definition) is 2. The molecule has 2 aromatic carbocycles. The summed E-state index contributed by atoms with van der Waals surface area (Å²) in [6.45, 7) is 2.87. The number of carbonyl (C=O) groups excluding carboxylic acids is 2. The minimum atomic E-state index is -4.41. The Balaban J connectivity index is 1.16. The van der Waals surface area contributed by atoms with Crippen molar-refractivity contribution >= 4 is 17.5 Å². The molecule has 3 heterocycles. The van der Waals surface area contributed by atoms with E-state index in [2.05, 4.69) is 25.5 Å². The van der Waals surface area contributed by atoms with Crippen LogP contribution in [0.2, 0.25) is 0 Å². The van der Waals surface area contributed by atoms with Gasteiger partial charge in [0.25, 0.3) is 11.8 Å². The van der Waals surface area contributed by atoms with Gasteiger partial charge in [-0.25, -0.2) is 9.97 Å².